The molecule has 1 aliphatic carbocycles. The molecule has 0 aliphatic heterocycles. The molecule has 20 heavy (non-hydrogen) atoms. The molecule has 0 radical (unpaired) electrons. The molecule has 5 nitrogen and oxygen atoms in total. The van der Waals surface area contributed by atoms with Crippen molar-refractivity contribution in [3.05, 3.63) is 46.1 Å². The average Bonchev–Trinajstić information content (AvgIpc) is 2.82. The van der Waals surface area contributed by atoms with E-state index < -0.39 is 0 Å². The number of H-pyrrole nitrogens is 1. The van der Waals surface area contributed by atoms with Gasteiger partial charge in [0, 0.05) is 22.2 Å². The summed E-state index contributed by atoms with van der Waals surface area (Å²) in [7, 11) is 0. The van der Waals surface area contributed by atoms with Crippen LogP contribution in [-0.4, -0.2) is 16.6 Å². The topological polar surface area (TPSA) is 83.8 Å². The number of rotatable bonds is 3. The van der Waals surface area contributed by atoms with Gasteiger partial charge in [-0.2, -0.15) is 5.10 Å². The maximum Gasteiger partial charge on any atom is 0.212 e. The van der Waals surface area contributed by atoms with E-state index in [1.165, 1.54) is 0 Å². The molecule has 1 heterocycles. The molecule has 0 bridgehead atoms. The molecule has 1 aromatic heterocycles. The van der Waals surface area contributed by atoms with Gasteiger partial charge in [0.25, 0.3) is 0 Å². The second-order valence-corrected chi connectivity index (χ2v) is 5.08. The highest BCUT2D eigenvalue weighted by Crippen LogP contribution is 2.36. The Morgan fingerprint density at radius 3 is 3.10 bits per heavy atom. The van der Waals surface area contributed by atoms with Gasteiger partial charge < -0.3 is 11.1 Å². The van der Waals surface area contributed by atoms with Crippen molar-refractivity contribution in [2.45, 2.75) is 12.3 Å². The third-order valence-electron chi connectivity index (χ3n) is 3.44. The first kappa shape index (κ1) is 12.7. The number of carbonyl (C=O) groups excluding carboxylic acids is 1. The van der Waals surface area contributed by atoms with E-state index in [9.17, 15) is 4.79 Å². The fourth-order valence-electron chi connectivity index (χ4n) is 2.46. The summed E-state index contributed by atoms with van der Waals surface area (Å²) in [5.74, 6) is 0.705. The van der Waals surface area contributed by atoms with E-state index in [0.717, 1.165) is 23.2 Å². The number of amides is 1. The summed E-state index contributed by atoms with van der Waals surface area (Å²) in [5.41, 5.74) is 9.27. The van der Waals surface area contributed by atoms with Crippen molar-refractivity contribution in [3.8, 4) is 0 Å². The fourth-order valence-corrected chi connectivity index (χ4v) is 2.79. The van der Waals surface area contributed by atoms with Crippen LogP contribution in [0.5, 0.6) is 0 Å². The number of allylic oxidation sites excluding steroid dienone is 1. The summed E-state index contributed by atoms with van der Waals surface area (Å²) in [5, 5.41) is 10.2. The van der Waals surface area contributed by atoms with Gasteiger partial charge in [-0.15, -0.1) is 0 Å². The number of nitrogens with zero attached hydrogens (tertiary/aromatic N) is 1. The minimum atomic E-state index is 0.139. The molecule has 1 unspecified atom stereocenters. The number of fused-ring (bicyclic) bond motifs is 1. The van der Waals surface area contributed by atoms with Crippen molar-refractivity contribution in [2.24, 2.45) is 0 Å². The lowest BCUT2D eigenvalue weighted by atomic mass is 9.87. The number of anilines is 2. The van der Waals surface area contributed by atoms with E-state index in [4.69, 9.17) is 17.3 Å². The van der Waals surface area contributed by atoms with E-state index >= 15 is 0 Å². The quantitative estimate of drug-likeness (QED) is 0.599. The number of halogens is 1. The molecule has 4 N–H and O–H groups in total. The molecule has 1 aliphatic rings. The SMILES string of the molecule is Nc1ccc(C2C=Cc3[nH]nc(NC=O)c3C2)c(Cl)c1. The monoisotopic (exact) mass is 288 g/mol. The second kappa shape index (κ2) is 5.02. The lowest BCUT2D eigenvalue weighted by molar-refractivity contribution is -0.105. The molecular formula is C14H13ClN4O. The van der Waals surface area contributed by atoms with Crippen LogP contribution in [0.3, 0.4) is 0 Å². The summed E-state index contributed by atoms with van der Waals surface area (Å²) in [4.78, 5) is 10.6. The van der Waals surface area contributed by atoms with Crippen LogP contribution in [0, 0.1) is 0 Å². The summed E-state index contributed by atoms with van der Waals surface area (Å²) in [6, 6.07) is 5.52. The van der Waals surface area contributed by atoms with Crippen LogP contribution < -0.4 is 11.1 Å². The van der Waals surface area contributed by atoms with Gasteiger partial charge in [0.1, 0.15) is 0 Å². The highest BCUT2D eigenvalue weighted by atomic mass is 35.5. The van der Waals surface area contributed by atoms with Gasteiger partial charge in [0.2, 0.25) is 6.41 Å². The number of hydrogen-bond donors (Lipinski definition) is 3. The zero-order valence-corrected chi connectivity index (χ0v) is 11.3. The molecular weight excluding hydrogens is 276 g/mol. The Kier molecular flexibility index (Phi) is 3.20. The van der Waals surface area contributed by atoms with E-state index in [0.29, 0.717) is 22.9 Å². The fraction of sp³-hybridized carbons (Fsp3) is 0.143. The lowest BCUT2D eigenvalue weighted by Gasteiger charge is -2.19. The molecule has 6 heteroatoms. The number of aromatic amines is 1. The van der Waals surface area contributed by atoms with Gasteiger partial charge in [-0.3, -0.25) is 9.89 Å². The number of hydrogen-bond acceptors (Lipinski definition) is 3. The van der Waals surface area contributed by atoms with Crippen LogP contribution in [0.2, 0.25) is 5.02 Å². The molecule has 102 valence electrons. The number of nitrogens with two attached hydrogens (primary N) is 1. The predicted octanol–water partition coefficient (Wildman–Crippen LogP) is 2.57. The number of carbonyl (C=O) groups is 1. The minimum Gasteiger partial charge on any atom is -0.399 e. The van der Waals surface area contributed by atoms with Crippen molar-refractivity contribution in [2.75, 3.05) is 11.1 Å². The van der Waals surface area contributed by atoms with Gasteiger partial charge in [0.05, 0.1) is 5.69 Å². The van der Waals surface area contributed by atoms with E-state index in [2.05, 4.69) is 21.6 Å². The first-order chi connectivity index (χ1) is 9.69. The number of benzene rings is 1. The summed E-state index contributed by atoms with van der Waals surface area (Å²) < 4.78 is 0. The zero-order valence-electron chi connectivity index (χ0n) is 10.6. The van der Waals surface area contributed by atoms with Crippen LogP contribution in [0.1, 0.15) is 22.7 Å². The second-order valence-electron chi connectivity index (χ2n) is 4.68. The molecule has 1 atom stereocenters. The van der Waals surface area contributed by atoms with Crippen molar-refractivity contribution >= 4 is 35.6 Å². The summed E-state index contributed by atoms with van der Waals surface area (Å²) in [6.45, 7) is 0. The van der Waals surface area contributed by atoms with Gasteiger partial charge >= 0.3 is 0 Å². The molecule has 1 aromatic carbocycles. The number of aromatic nitrogens is 2. The van der Waals surface area contributed by atoms with Crippen LogP contribution in [0.25, 0.3) is 6.08 Å². The van der Waals surface area contributed by atoms with Crippen molar-refractivity contribution in [1.29, 1.82) is 0 Å². The highest BCUT2D eigenvalue weighted by molar-refractivity contribution is 6.31. The summed E-state index contributed by atoms with van der Waals surface area (Å²) >= 11 is 6.26. The molecule has 0 spiro atoms. The third-order valence-corrected chi connectivity index (χ3v) is 3.77. The number of nitrogens with one attached hydrogen (secondary N) is 2. The molecule has 1 amide bonds. The Morgan fingerprint density at radius 2 is 2.35 bits per heavy atom. The normalized spacial score (nSPS) is 16.8. The molecule has 3 rings (SSSR count). The van der Waals surface area contributed by atoms with Gasteiger partial charge in [-0.25, -0.2) is 0 Å². The first-order valence-electron chi connectivity index (χ1n) is 6.19. The predicted molar refractivity (Wildman–Crippen MR) is 79.6 cm³/mol. The zero-order chi connectivity index (χ0) is 14.1. The lowest BCUT2D eigenvalue weighted by Crippen LogP contribution is -2.08. The number of nitrogen functional groups attached to an aromatic ring is 1. The largest absolute Gasteiger partial charge is 0.399 e. The van der Waals surface area contributed by atoms with E-state index in [-0.39, 0.29) is 5.92 Å². The molecule has 0 saturated carbocycles. The van der Waals surface area contributed by atoms with Gasteiger partial charge in [-0.1, -0.05) is 23.7 Å². The Bertz CT molecular complexity index is 692. The standard InChI is InChI=1S/C14H13ClN4O/c15-12-6-9(16)2-3-10(12)8-1-4-13-11(5-8)14(17-7-20)19-18-13/h1-4,6-8H,5,16H2,(H2,17,18,19,20). The van der Waals surface area contributed by atoms with Gasteiger partial charge in [-0.05, 0) is 30.2 Å². The maximum absolute atomic E-state index is 10.6. The first-order valence-corrected chi connectivity index (χ1v) is 6.57. The van der Waals surface area contributed by atoms with Gasteiger partial charge in [0.15, 0.2) is 5.82 Å². The van der Waals surface area contributed by atoms with E-state index in [1.807, 2.05) is 18.2 Å². The Balaban J connectivity index is 1.95. The minimum absolute atomic E-state index is 0.139. The maximum atomic E-state index is 10.6. The van der Waals surface area contributed by atoms with Crippen LogP contribution >= 0.6 is 11.6 Å². The van der Waals surface area contributed by atoms with Crippen LogP contribution in [0.4, 0.5) is 11.5 Å². The van der Waals surface area contributed by atoms with E-state index in [1.54, 1.807) is 6.07 Å². The molecule has 0 saturated heterocycles. The smallest absolute Gasteiger partial charge is 0.212 e. The van der Waals surface area contributed by atoms with Crippen molar-refractivity contribution < 1.29 is 4.79 Å². The third kappa shape index (κ3) is 2.16. The molecule has 0 fully saturated rings. The van der Waals surface area contributed by atoms with Crippen molar-refractivity contribution in [1.82, 2.24) is 10.2 Å². The van der Waals surface area contributed by atoms with Crippen molar-refractivity contribution in [3.63, 3.8) is 0 Å². The Hall–Kier alpha value is -2.27. The average molecular weight is 289 g/mol. The summed E-state index contributed by atoms with van der Waals surface area (Å²) in [6.07, 6.45) is 5.38. The highest BCUT2D eigenvalue weighted by Gasteiger charge is 2.22. The Morgan fingerprint density at radius 1 is 1.50 bits per heavy atom. The van der Waals surface area contributed by atoms with Crippen LogP contribution in [-0.2, 0) is 11.2 Å². The van der Waals surface area contributed by atoms with Crippen LogP contribution in [0.15, 0.2) is 24.3 Å². The molecule has 2 aromatic rings. The Labute approximate surface area is 120 Å².